The van der Waals surface area contributed by atoms with Crippen LogP contribution in [0.1, 0.15) is 46.5 Å². The molecule has 0 aliphatic carbocycles. The minimum Gasteiger partial charge on any atom is -0.388 e. The number of carbonyl (C=O) groups excluding carboxylic acids is 1. The first-order chi connectivity index (χ1) is 7.58. The fourth-order valence-electron chi connectivity index (χ4n) is 1.23. The summed E-state index contributed by atoms with van der Waals surface area (Å²) in [6.45, 7) is 6.38. The van der Waals surface area contributed by atoms with E-state index in [9.17, 15) is 9.90 Å². The third-order valence-corrected chi connectivity index (χ3v) is 3.85. The van der Waals surface area contributed by atoms with E-state index < -0.39 is 5.60 Å². The van der Waals surface area contributed by atoms with Crippen molar-refractivity contribution in [1.82, 2.24) is 5.32 Å². The average Bonchev–Trinajstić information content (AvgIpc) is 2.31. The number of nitrogens with one attached hydrogen (secondary N) is 1. The highest BCUT2D eigenvalue weighted by Crippen LogP contribution is 2.13. The number of rotatable bonds is 9. The van der Waals surface area contributed by atoms with E-state index in [4.69, 9.17) is 0 Å². The Morgan fingerprint density at radius 3 is 2.44 bits per heavy atom. The average molecular weight is 247 g/mol. The number of hydrogen-bond donors (Lipinski definition) is 2. The van der Waals surface area contributed by atoms with Crippen LogP contribution in [0.3, 0.4) is 0 Å². The monoisotopic (exact) mass is 247 g/mol. The van der Waals surface area contributed by atoms with Gasteiger partial charge in [0.1, 0.15) is 0 Å². The zero-order valence-corrected chi connectivity index (χ0v) is 11.5. The summed E-state index contributed by atoms with van der Waals surface area (Å²) in [5.74, 6) is 1.57. The SMILES string of the molecule is CCCCSCC(=O)NCC(O)(CC)CC. The third-order valence-electron chi connectivity index (χ3n) is 2.81. The second kappa shape index (κ2) is 8.88. The van der Waals surface area contributed by atoms with E-state index in [-0.39, 0.29) is 5.91 Å². The maximum atomic E-state index is 11.4. The summed E-state index contributed by atoms with van der Waals surface area (Å²) in [6, 6.07) is 0. The minimum absolute atomic E-state index is 0.0291. The fraction of sp³-hybridized carbons (Fsp3) is 0.917. The van der Waals surface area contributed by atoms with Gasteiger partial charge in [0.15, 0.2) is 0 Å². The van der Waals surface area contributed by atoms with E-state index in [0.717, 1.165) is 12.2 Å². The van der Waals surface area contributed by atoms with Gasteiger partial charge in [0, 0.05) is 6.54 Å². The summed E-state index contributed by atoms with van der Waals surface area (Å²) in [5, 5.41) is 12.8. The van der Waals surface area contributed by atoms with Crippen LogP contribution in [0.2, 0.25) is 0 Å². The van der Waals surface area contributed by atoms with Gasteiger partial charge in [-0.3, -0.25) is 4.79 Å². The third kappa shape index (κ3) is 7.12. The summed E-state index contributed by atoms with van der Waals surface area (Å²) in [6.07, 6.45) is 3.67. The fourth-order valence-corrected chi connectivity index (χ4v) is 2.15. The van der Waals surface area contributed by atoms with Gasteiger partial charge in [-0.25, -0.2) is 0 Å². The zero-order valence-electron chi connectivity index (χ0n) is 10.7. The van der Waals surface area contributed by atoms with E-state index in [0.29, 0.717) is 25.1 Å². The molecule has 0 radical (unpaired) electrons. The summed E-state index contributed by atoms with van der Waals surface area (Å²) >= 11 is 1.66. The highest BCUT2D eigenvalue weighted by Gasteiger charge is 2.22. The van der Waals surface area contributed by atoms with Crippen molar-refractivity contribution in [1.29, 1.82) is 0 Å². The van der Waals surface area contributed by atoms with Gasteiger partial charge in [-0.2, -0.15) is 11.8 Å². The van der Waals surface area contributed by atoms with Crippen LogP contribution in [0.5, 0.6) is 0 Å². The summed E-state index contributed by atoms with van der Waals surface area (Å²) < 4.78 is 0. The largest absolute Gasteiger partial charge is 0.388 e. The lowest BCUT2D eigenvalue weighted by Gasteiger charge is -2.25. The van der Waals surface area contributed by atoms with Crippen LogP contribution >= 0.6 is 11.8 Å². The number of aliphatic hydroxyl groups is 1. The molecule has 0 fully saturated rings. The molecule has 0 aromatic heterocycles. The van der Waals surface area contributed by atoms with E-state index in [1.165, 1.54) is 6.42 Å². The van der Waals surface area contributed by atoms with Crippen LogP contribution in [-0.2, 0) is 4.79 Å². The number of amides is 1. The molecule has 0 spiro atoms. The van der Waals surface area contributed by atoms with Gasteiger partial charge in [0.05, 0.1) is 11.4 Å². The molecular formula is C12H25NO2S. The van der Waals surface area contributed by atoms with E-state index in [2.05, 4.69) is 12.2 Å². The molecule has 0 rings (SSSR count). The molecule has 2 N–H and O–H groups in total. The second-order valence-electron chi connectivity index (χ2n) is 4.11. The molecule has 0 bridgehead atoms. The van der Waals surface area contributed by atoms with Crippen LogP contribution in [0.4, 0.5) is 0 Å². The standard InChI is InChI=1S/C12H25NO2S/c1-4-7-8-16-9-11(14)13-10-12(15,5-2)6-3/h15H,4-10H2,1-3H3,(H,13,14). The summed E-state index contributed by atoms with van der Waals surface area (Å²) in [7, 11) is 0. The lowest BCUT2D eigenvalue weighted by atomic mass is 9.98. The molecule has 0 aromatic carbocycles. The maximum Gasteiger partial charge on any atom is 0.230 e. The lowest BCUT2D eigenvalue weighted by Crippen LogP contribution is -2.42. The van der Waals surface area contributed by atoms with Crippen LogP contribution < -0.4 is 5.32 Å². The Balaban J connectivity index is 3.64. The molecule has 0 atom stereocenters. The second-order valence-corrected chi connectivity index (χ2v) is 5.22. The van der Waals surface area contributed by atoms with E-state index >= 15 is 0 Å². The number of hydrogen-bond acceptors (Lipinski definition) is 3. The molecule has 0 aliphatic heterocycles. The van der Waals surface area contributed by atoms with Crippen molar-refractivity contribution in [3.63, 3.8) is 0 Å². The lowest BCUT2D eigenvalue weighted by molar-refractivity contribution is -0.119. The van der Waals surface area contributed by atoms with Crippen LogP contribution in [0, 0.1) is 0 Å². The van der Waals surface area contributed by atoms with E-state index in [1.54, 1.807) is 11.8 Å². The van der Waals surface area contributed by atoms with Gasteiger partial charge >= 0.3 is 0 Å². The number of thioether (sulfide) groups is 1. The predicted octanol–water partition coefficient (Wildman–Crippen LogP) is 2.19. The Labute approximate surface area is 103 Å². The summed E-state index contributed by atoms with van der Waals surface area (Å²) in [5.41, 5.74) is -0.732. The first-order valence-corrected chi connectivity index (χ1v) is 7.30. The predicted molar refractivity (Wildman–Crippen MR) is 70.8 cm³/mol. The Kier molecular flexibility index (Phi) is 8.76. The normalized spacial score (nSPS) is 11.5. The Morgan fingerprint density at radius 1 is 1.31 bits per heavy atom. The van der Waals surface area contributed by atoms with Gasteiger partial charge in [-0.1, -0.05) is 27.2 Å². The van der Waals surface area contributed by atoms with Crippen LogP contribution in [-0.4, -0.2) is 34.7 Å². The topological polar surface area (TPSA) is 49.3 Å². The van der Waals surface area contributed by atoms with Crippen molar-refractivity contribution >= 4 is 17.7 Å². The van der Waals surface area contributed by atoms with Crippen LogP contribution in [0.15, 0.2) is 0 Å². The molecule has 0 aliphatic rings. The molecule has 0 unspecified atom stereocenters. The molecule has 3 nitrogen and oxygen atoms in total. The van der Waals surface area contributed by atoms with Crippen molar-refractivity contribution in [2.45, 2.75) is 52.1 Å². The molecular weight excluding hydrogens is 222 g/mol. The number of carbonyl (C=O) groups is 1. The Bertz CT molecular complexity index is 193. The molecule has 0 aromatic rings. The van der Waals surface area contributed by atoms with Gasteiger partial charge in [0.25, 0.3) is 0 Å². The molecule has 0 heterocycles. The molecule has 0 saturated carbocycles. The highest BCUT2D eigenvalue weighted by atomic mass is 32.2. The minimum atomic E-state index is -0.732. The molecule has 1 amide bonds. The smallest absolute Gasteiger partial charge is 0.230 e. The first-order valence-electron chi connectivity index (χ1n) is 6.14. The zero-order chi connectivity index (χ0) is 12.4. The highest BCUT2D eigenvalue weighted by molar-refractivity contribution is 7.99. The molecule has 96 valence electrons. The Morgan fingerprint density at radius 2 is 1.94 bits per heavy atom. The first kappa shape index (κ1) is 15.8. The van der Waals surface area contributed by atoms with Crippen molar-refractivity contribution in [2.75, 3.05) is 18.1 Å². The van der Waals surface area contributed by atoms with Crippen molar-refractivity contribution in [3.05, 3.63) is 0 Å². The number of unbranched alkanes of at least 4 members (excludes halogenated alkanes) is 1. The molecule has 4 heteroatoms. The van der Waals surface area contributed by atoms with Gasteiger partial charge in [-0.05, 0) is 25.0 Å². The molecule has 16 heavy (non-hydrogen) atoms. The van der Waals surface area contributed by atoms with Crippen molar-refractivity contribution < 1.29 is 9.90 Å². The van der Waals surface area contributed by atoms with Crippen molar-refractivity contribution in [3.8, 4) is 0 Å². The quantitative estimate of drug-likeness (QED) is 0.614. The van der Waals surface area contributed by atoms with Gasteiger partial charge in [0.2, 0.25) is 5.91 Å². The maximum absolute atomic E-state index is 11.4. The van der Waals surface area contributed by atoms with Gasteiger partial charge < -0.3 is 10.4 Å². The Hall–Kier alpha value is -0.220. The van der Waals surface area contributed by atoms with Gasteiger partial charge in [-0.15, -0.1) is 0 Å². The van der Waals surface area contributed by atoms with E-state index in [1.807, 2.05) is 13.8 Å². The van der Waals surface area contributed by atoms with Crippen molar-refractivity contribution in [2.24, 2.45) is 0 Å². The van der Waals surface area contributed by atoms with Crippen LogP contribution in [0.25, 0.3) is 0 Å². The summed E-state index contributed by atoms with van der Waals surface area (Å²) in [4.78, 5) is 11.4. The molecule has 0 saturated heterocycles.